The first-order chi connectivity index (χ1) is 12.2. The van der Waals surface area contributed by atoms with Gasteiger partial charge >= 0.3 is 0 Å². The van der Waals surface area contributed by atoms with Crippen LogP contribution < -0.4 is 10.1 Å². The van der Waals surface area contributed by atoms with Gasteiger partial charge in [-0.25, -0.2) is 9.97 Å². The molecule has 2 aromatic rings. The van der Waals surface area contributed by atoms with Gasteiger partial charge in [0.15, 0.2) is 12.3 Å². The molecule has 1 fully saturated rings. The van der Waals surface area contributed by atoms with E-state index in [4.69, 9.17) is 14.7 Å². The van der Waals surface area contributed by atoms with E-state index < -0.39 is 6.10 Å². The normalized spacial score (nSPS) is 16.8. The fourth-order valence-corrected chi connectivity index (χ4v) is 2.47. The number of carbonyl (C=O) groups is 1. The summed E-state index contributed by atoms with van der Waals surface area (Å²) < 4.78 is 10.6. The Kier molecular flexibility index (Phi) is 5.06. The molecule has 0 aliphatic carbocycles. The highest BCUT2D eigenvalue weighted by Gasteiger charge is 2.26. The molecule has 1 unspecified atom stereocenters. The van der Waals surface area contributed by atoms with Crippen molar-refractivity contribution in [3.8, 4) is 23.2 Å². The minimum Gasteiger partial charge on any atom is -0.497 e. The van der Waals surface area contributed by atoms with Crippen LogP contribution in [0.4, 0.5) is 5.82 Å². The maximum atomic E-state index is 12.3. The van der Waals surface area contributed by atoms with Gasteiger partial charge in [0, 0.05) is 11.6 Å². The third-order valence-electron chi connectivity index (χ3n) is 3.78. The number of aromatic nitrogens is 2. The summed E-state index contributed by atoms with van der Waals surface area (Å²) in [6.07, 6.45) is 2.71. The first-order valence-corrected chi connectivity index (χ1v) is 7.73. The molecule has 0 spiro atoms. The number of hydrogen-bond acceptors (Lipinski definition) is 7. The Labute approximate surface area is 145 Å². The van der Waals surface area contributed by atoms with E-state index in [0.29, 0.717) is 30.4 Å². The molecule has 128 valence electrons. The molecule has 1 aliphatic heterocycles. The van der Waals surface area contributed by atoms with Gasteiger partial charge in [-0.15, -0.1) is 0 Å². The predicted octanol–water partition coefficient (Wildman–Crippen LogP) is 1.27. The van der Waals surface area contributed by atoms with Gasteiger partial charge in [0.05, 0.1) is 32.5 Å². The monoisotopic (exact) mass is 339 g/mol. The maximum Gasteiger partial charge on any atom is 0.256 e. The zero-order valence-electron chi connectivity index (χ0n) is 13.7. The number of nitrogens with zero attached hydrogens (tertiary/aromatic N) is 4. The molecule has 25 heavy (non-hydrogen) atoms. The number of rotatable bonds is 4. The number of ether oxygens (including phenoxy) is 2. The summed E-state index contributed by atoms with van der Waals surface area (Å²) in [6.45, 7) is 1.06. The van der Waals surface area contributed by atoms with Crippen LogP contribution in [0.3, 0.4) is 0 Å². The number of nitriles is 1. The van der Waals surface area contributed by atoms with Crippen molar-refractivity contribution < 1.29 is 14.3 Å². The first kappa shape index (κ1) is 16.7. The number of methoxy groups -OCH3 is 1. The second-order valence-electron chi connectivity index (χ2n) is 5.42. The van der Waals surface area contributed by atoms with Crippen molar-refractivity contribution in [3.63, 3.8) is 0 Å². The third kappa shape index (κ3) is 4.02. The lowest BCUT2D eigenvalue weighted by Gasteiger charge is -2.28. The Hall–Kier alpha value is -3.18. The summed E-state index contributed by atoms with van der Waals surface area (Å²) in [5.74, 6) is 0.750. The highest BCUT2D eigenvalue weighted by molar-refractivity contribution is 5.94. The molecule has 0 bridgehead atoms. The van der Waals surface area contributed by atoms with Crippen LogP contribution in [-0.2, 0) is 9.53 Å². The van der Waals surface area contributed by atoms with Crippen LogP contribution >= 0.6 is 0 Å². The molecule has 1 atom stereocenters. The summed E-state index contributed by atoms with van der Waals surface area (Å²) in [7, 11) is 1.60. The summed E-state index contributed by atoms with van der Waals surface area (Å²) in [6, 6.07) is 9.13. The molecule has 1 N–H and O–H groups in total. The van der Waals surface area contributed by atoms with E-state index in [9.17, 15) is 4.79 Å². The van der Waals surface area contributed by atoms with Gasteiger partial charge in [0.25, 0.3) is 5.91 Å². The number of benzene rings is 1. The van der Waals surface area contributed by atoms with Gasteiger partial charge in [0.1, 0.15) is 17.9 Å². The Morgan fingerprint density at radius 3 is 3.12 bits per heavy atom. The van der Waals surface area contributed by atoms with E-state index in [2.05, 4.69) is 15.3 Å². The Bertz CT molecular complexity index is 805. The number of amides is 1. The SMILES string of the molecule is COc1cccc(-c2cc(NC(=O)C3CN(C#N)CCO3)ncn2)c1. The zero-order valence-corrected chi connectivity index (χ0v) is 13.7. The van der Waals surface area contributed by atoms with Crippen molar-refractivity contribution in [2.45, 2.75) is 6.10 Å². The van der Waals surface area contributed by atoms with Crippen molar-refractivity contribution in [1.29, 1.82) is 5.26 Å². The molecule has 2 heterocycles. The third-order valence-corrected chi connectivity index (χ3v) is 3.78. The van der Waals surface area contributed by atoms with Crippen LogP contribution in [0.2, 0.25) is 0 Å². The van der Waals surface area contributed by atoms with Gasteiger partial charge in [-0.2, -0.15) is 5.26 Å². The van der Waals surface area contributed by atoms with Gasteiger partial charge in [-0.3, -0.25) is 4.79 Å². The highest BCUT2D eigenvalue weighted by atomic mass is 16.5. The molecular formula is C17H17N5O3. The smallest absolute Gasteiger partial charge is 0.256 e. The van der Waals surface area contributed by atoms with E-state index in [1.165, 1.54) is 11.2 Å². The quantitative estimate of drug-likeness (QED) is 0.837. The van der Waals surface area contributed by atoms with Crippen LogP contribution in [0, 0.1) is 11.5 Å². The van der Waals surface area contributed by atoms with E-state index in [-0.39, 0.29) is 12.5 Å². The Balaban J connectivity index is 1.73. The number of hydrogen-bond donors (Lipinski definition) is 1. The lowest BCUT2D eigenvalue weighted by Crippen LogP contribution is -2.46. The number of nitrogens with one attached hydrogen (secondary N) is 1. The van der Waals surface area contributed by atoms with Gasteiger partial charge in [-0.1, -0.05) is 12.1 Å². The molecule has 8 heteroatoms. The van der Waals surface area contributed by atoms with Gasteiger partial charge in [0.2, 0.25) is 0 Å². The average Bonchev–Trinajstić information content (AvgIpc) is 2.68. The van der Waals surface area contributed by atoms with Crippen molar-refractivity contribution in [2.75, 3.05) is 32.1 Å². The summed E-state index contributed by atoms with van der Waals surface area (Å²) in [5, 5.41) is 11.7. The number of anilines is 1. The fourth-order valence-electron chi connectivity index (χ4n) is 2.47. The fraction of sp³-hybridized carbons (Fsp3) is 0.294. The number of morpholine rings is 1. The van der Waals surface area contributed by atoms with Crippen molar-refractivity contribution in [2.24, 2.45) is 0 Å². The lowest BCUT2D eigenvalue weighted by atomic mass is 10.1. The molecular weight excluding hydrogens is 322 g/mol. The summed E-state index contributed by atoms with van der Waals surface area (Å²) in [4.78, 5) is 22.1. The second kappa shape index (κ2) is 7.59. The van der Waals surface area contributed by atoms with Crippen molar-refractivity contribution in [3.05, 3.63) is 36.7 Å². The average molecular weight is 339 g/mol. The van der Waals surface area contributed by atoms with Crippen LogP contribution in [0.15, 0.2) is 36.7 Å². The van der Waals surface area contributed by atoms with Gasteiger partial charge < -0.3 is 19.7 Å². The van der Waals surface area contributed by atoms with Crippen LogP contribution in [0.1, 0.15) is 0 Å². The second-order valence-corrected chi connectivity index (χ2v) is 5.42. The van der Waals surface area contributed by atoms with Crippen molar-refractivity contribution in [1.82, 2.24) is 14.9 Å². The van der Waals surface area contributed by atoms with E-state index in [0.717, 1.165) is 5.56 Å². The lowest BCUT2D eigenvalue weighted by molar-refractivity contribution is -0.131. The van der Waals surface area contributed by atoms with E-state index in [1.807, 2.05) is 30.5 Å². The molecule has 1 saturated heterocycles. The standard InChI is InChI=1S/C17H17N5O3/c1-24-13-4-2-3-12(7-13)14-8-16(20-11-19-14)21-17(23)15-9-22(10-18)5-6-25-15/h2-4,7-8,11,15H,5-6,9H2,1H3,(H,19,20,21,23). The molecule has 1 aromatic carbocycles. The molecule has 0 saturated carbocycles. The largest absolute Gasteiger partial charge is 0.497 e. The Morgan fingerprint density at radius 2 is 2.32 bits per heavy atom. The number of carbonyl (C=O) groups excluding carboxylic acids is 1. The summed E-state index contributed by atoms with van der Waals surface area (Å²) >= 11 is 0. The molecule has 1 amide bonds. The van der Waals surface area contributed by atoms with Crippen molar-refractivity contribution >= 4 is 11.7 Å². The molecule has 3 rings (SSSR count). The van der Waals surface area contributed by atoms with Crippen LogP contribution in [-0.4, -0.2) is 53.7 Å². The Morgan fingerprint density at radius 1 is 1.44 bits per heavy atom. The molecule has 8 nitrogen and oxygen atoms in total. The first-order valence-electron chi connectivity index (χ1n) is 7.73. The minimum absolute atomic E-state index is 0.232. The minimum atomic E-state index is -0.705. The van der Waals surface area contributed by atoms with E-state index in [1.54, 1.807) is 13.2 Å². The zero-order chi connectivity index (χ0) is 17.6. The topological polar surface area (TPSA) is 100 Å². The molecule has 1 aliphatic rings. The van der Waals surface area contributed by atoms with E-state index >= 15 is 0 Å². The predicted molar refractivity (Wildman–Crippen MR) is 89.6 cm³/mol. The molecule has 0 radical (unpaired) electrons. The maximum absolute atomic E-state index is 12.3. The van der Waals surface area contributed by atoms with Crippen LogP contribution in [0.5, 0.6) is 5.75 Å². The summed E-state index contributed by atoms with van der Waals surface area (Å²) in [5.41, 5.74) is 1.51. The van der Waals surface area contributed by atoms with Crippen LogP contribution in [0.25, 0.3) is 11.3 Å². The molecule has 1 aromatic heterocycles. The highest BCUT2D eigenvalue weighted by Crippen LogP contribution is 2.23. The van der Waals surface area contributed by atoms with Gasteiger partial charge in [-0.05, 0) is 12.1 Å².